The van der Waals surface area contributed by atoms with E-state index < -0.39 is 0 Å². The largest absolute Gasteiger partial charge is 0.306 e. The van der Waals surface area contributed by atoms with Gasteiger partial charge in [-0.25, -0.2) is 4.98 Å². The summed E-state index contributed by atoms with van der Waals surface area (Å²) in [5, 5.41) is 0. The summed E-state index contributed by atoms with van der Waals surface area (Å²) in [7, 11) is 0. The smallest absolute Gasteiger partial charge is 0.134 e. The van der Waals surface area contributed by atoms with Gasteiger partial charge in [-0.2, -0.15) is 0 Å². The molecule has 2 rings (SSSR count). The number of pyridine rings is 1. The third-order valence-electron chi connectivity index (χ3n) is 1.92. The Morgan fingerprint density at radius 1 is 1.54 bits per heavy atom. The molecule has 2 heterocycles. The fourth-order valence-corrected chi connectivity index (χ4v) is 1.36. The SMILES string of the molecule is CC(=O)Cc1ccc2cncn2c1. The highest BCUT2D eigenvalue weighted by Gasteiger charge is 1.98. The van der Waals surface area contributed by atoms with Gasteiger partial charge in [-0.15, -0.1) is 0 Å². The number of hydrogen-bond acceptors (Lipinski definition) is 2. The summed E-state index contributed by atoms with van der Waals surface area (Å²) in [5.41, 5.74) is 2.07. The summed E-state index contributed by atoms with van der Waals surface area (Å²) in [6.45, 7) is 1.60. The maximum atomic E-state index is 10.9. The molecule has 0 saturated carbocycles. The monoisotopic (exact) mass is 174 g/mol. The molecular weight excluding hydrogens is 164 g/mol. The molecule has 0 amide bonds. The summed E-state index contributed by atoms with van der Waals surface area (Å²) >= 11 is 0. The van der Waals surface area contributed by atoms with Crippen LogP contribution >= 0.6 is 0 Å². The number of fused-ring (bicyclic) bond motifs is 1. The summed E-state index contributed by atoms with van der Waals surface area (Å²) in [5.74, 6) is 0.180. The van der Waals surface area contributed by atoms with E-state index in [9.17, 15) is 4.79 Å². The van der Waals surface area contributed by atoms with Crippen LogP contribution in [0.15, 0.2) is 30.9 Å². The van der Waals surface area contributed by atoms with Gasteiger partial charge in [0.2, 0.25) is 0 Å². The van der Waals surface area contributed by atoms with Gasteiger partial charge >= 0.3 is 0 Å². The molecule has 3 nitrogen and oxygen atoms in total. The van der Waals surface area contributed by atoms with Crippen LogP contribution in [-0.4, -0.2) is 15.2 Å². The molecule has 0 fully saturated rings. The molecule has 66 valence electrons. The topological polar surface area (TPSA) is 34.4 Å². The lowest BCUT2D eigenvalue weighted by Gasteiger charge is -1.98. The second kappa shape index (κ2) is 3.01. The molecule has 0 bridgehead atoms. The van der Waals surface area contributed by atoms with Crippen LogP contribution in [-0.2, 0) is 11.2 Å². The number of nitrogens with zero attached hydrogens (tertiary/aromatic N) is 2. The van der Waals surface area contributed by atoms with Crippen molar-refractivity contribution in [1.29, 1.82) is 0 Å². The van der Waals surface area contributed by atoms with Gasteiger partial charge < -0.3 is 4.40 Å². The van der Waals surface area contributed by atoms with Gasteiger partial charge in [-0.3, -0.25) is 4.79 Å². The second-order valence-corrected chi connectivity index (χ2v) is 3.14. The van der Waals surface area contributed by atoms with Crippen molar-refractivity contribution in [3.63, 3.8) is 0 Å². The third kappa shape index (κ3) is 1.59. The highest BCUT2D eigenvalue weighted by atomic mass is 16.1. The molecule has 13 heavy (non-hydrogen) atoms. The van der Waals surface area contributed by atoms with E-state index in [1.807, 2.05) is 22.7 Å². The Labute approximate surface area is 76.0 Å². The zero-order valence-corrected chi connectivity index (χ0v) is 7.40. The van der Waals surface area contributed by atoms with E-state index in [1.54, 1.807) is 19.4 Å². The molecule has 0 aliphatic heterocycles. The Bertz CT molecular complexity index is 445. The van der Waals surface area contributed by atoms with E-state index in [0.717, 1.165) is 11.1 Å². The first-order valence-electron chi connectivity index (χ1n) is 4.16. The maximum absolute atomic E-state index is 10.9. The number of rotatable bonds is 2. The summed E-state index contributed by atoms with van der Waals surface area (Å²) < 4.78 is 1.91. The minimum absolute atomic E-state index is 0.180. The van der Waals surface area contributed by atoms with Crippen LogP contribution in [0.25, 0.3) is 5.52 Å². The average molecular weight is 174 g/mol. The fraction of sp³-hybridized carbons (Fsp3) is 0.200. The average Bonchev–Trinajstić information content (AvgIpc) is 2.49. The Kier molecular flexibility index (Phi) is 1.85. The van der Waals surface area contributed by atoms with E-state index >= 15 is 0 Å². The number of carbonyl (C=O) groups is 1. The molecule has 0 atom stereocenters. The zero-order chi connectivity index (χ0) is 9.26. The highest BCUT2D eigenvalue weighted by Crippen LogP contribution is 2.06. The first-order valence-corrected chi connectivity index (χ1v) is 4.16. The molecule has 2 aromatic heterocycles. The van der Waals surface area contributed by atoms with Crippen LogP contribution in [0.3, 0.4) is 0 Å². The van der Waals surface area contributed by atoms with Crippen molar-refractivity contribution in [1.82, 2.24) is 9.38 Å². The molecule has 0 aliphatic carbocycles. The van der Waals surface area contributed by atoms with Crippen molar-refractivity contribution in [2.75, 3.05) is 0 Å². The number of aromatic nitrogens is 2. The van der Waals surface area contributed by atoms with E-state index in [-0.39, 0.29) is 5.78 Å². The van der Waals surface area contributed by atoms with Crippen molar-refractivity contribution < 1.29 is 4.79 Å². The molecule has 2 aromatic rings. The van der Waals surface area contributed by atoms with Crippen LogP contribution < -0.4 is 0 Å². The minimum Gasteiger partial charge on any atom is -0.306 e. The summed E-state index contributed by atoms with van der Waals surface area (Å²) in [6, 6.07) is 3.92. The van der Waals surface area contributed by atoms with Gasteiger partial charge in [-0.1, -0.05) is 6.07 Å². The number of carbonyl (C=O) groups excluding carboxylic acids is 1. The van der Waals surface area contributed by atoms with Crippen LogP contribution in [0.4, 0.5) is 0 Å². The minimum atomic E-state index is 0.180. The van der Waals surface area contributed by atoms with Crippen molar-refractivity contribution in [3.8, 4) is 0 Å². The quantitative estimate of drug-likeness (QED) is 0.690. The van der Waals surface area contributed by atoms with Gasteiger partial charge in [0.05, 0.1) is 18.0 Å². The van der Waals surface area contributed by atoms with Crippen molar-refractivity contribution in [2.45, 2.75) is 13.3 Å². The molecule has 0 aliphatic rings. The van der Waals surface area contributed by atoms with Gasteiger partial charge in [0, 0.05) is 12.6 Å². The molecular formula is C10H10N2O. The molecule has 3 heteroatoms. The predicted molar refractivity (Wildman–Crippen MR) is 49.6 cm³/mol. The molecule has 0 aromatic carbocycles. The molecule has 0 N–H and O–H groups in total. The lowest BCUT2D eigenvalue weighted by atomic mass is 10.1. The second-order valence-electron chi connectivity index (χ2n) is 3.14. The van der Waals surface area contributed by atoms with Gasteiger partial charge in [-0.05, 0) is 18.6 Å². The first kappa shape index (κ1) is 7.98. The molecule has 0 spiro atoms. The highest BCUT2D eigenvalue weighted by molar-refractivity contribution is 5.78. The van der Waals surface area contributed by atoms with Crippen LogP contribution in [0.1, 0.15) is 12.5 Å². The predicted octanol–water partition coefficient (Wildman–Crippen LogP) is 1.47. The molecule has 0 unspecified atom stereocenters. The number of imidazole rings is 1. The Morgan fingerprint density at radius 2 is 2.38 bits per heavy atom. The van der Waals surface area contributed by atoms with E-state index in [1.165, 1.54) is 0 Å². The maximum Gasteiger partial charge on any atom is 0.134 e. The van der Waals surface area contributed by atoms with Crippen LogP contribution in [0, 0.1) is 0 Å². The normalized spacial score (nSPS) is 10.5. The zero-order valence-electron chi connectivity index (χ0n) is 7.40. The van der Waals surface area contributed by atoms with Gasteiger partial charge in [0.1, 0.15) is 5.78 Å². The van der Waals surface area contributed by atoms with Crippen LogP contribution in [0.5, 0.6) is 0 Å². The van der Waals surface area contributed by atoms with E-state index in [4.69, 9.17) is 0 Å². The fourth-order valence-electron chi connectivity index (χ4n) is 1.36. The first-order chi connectivity index (χ1) is 6.25. The Hall–Kier alpha value is -1.64. The number of Topliss-reactive ketones (excluding diaryl/α,β-unsaturated/α-hetero) is 1. The lowest BCUT2D eigenvalue weighted by molar-refractivity contribution is -0.116. The number of hydrogen-bond donors (Lipinski definition) is 0. The standard InChI is InChI=1S/C10H10N2O/c1-8(13)4-9-2-3-10-5-11-7-12(10)6-9/h2-3,5-7H,4H2,1H3. The van der Waals surface area contributed by atoms with Gasteiger partial charge in [0.25, 0.3) is 0 Å². The lowest BCUT2D eigenvalue weighted by Crippen LogP contribution is -1.97. The number of ketones is 1. The summed E-state index contributed by atoms with van der Waals surface area (Å²) in [4.78, 5) is 14.9. The Balaban J connectivity index is 2.42. The molecule has 0 radical (unpaired) electrons. The Morgan fingerprint density at radius 3 is 3.15 bits per heavy atom. The summed E-state index contributed by atoms with van der Waals surface area (Å²) in [6.07, 6.45) is 5.95. The van der Waals surface area contributed by atoms with Gasteiger partial charge in [0.15, 0.2) is 0 Å². The third-order valence-corrected chi connectivity index (χ3v) is 1.92. The van der Waals surface area contributed by atoms with Crippen molar-refractivity contribution in [2.24, 2.45) is 0 Å². The van der Waals surface area contributed by atoms with Crippen molar-refractivity contribution >= 4 is 11.3 Å². The van der Waals surface area contributed by atoms with E-state index in [0.29, 0.717) is 6.42 Å². The van der Waals surface area contributed by atoms with E-state index in [2.05, 4.69) is 4.98 Å². The van der Waals surface area contributed by atoms with Crippen LogP contribution in [0.2, 0.25) is 0 Å². The molecule has 0 saturated heterocycles. The van der Waals surface area contributed by atoms with Crippen molar-refractivity contribution in [3.05, 3.63) is 36.4 Å².